The Hall–Kier alpha value is -2.68. The predicted octanol–water partition coefficient (Wildman–Crippen LogP) is 3.78. The molecule has 27 heavy (non-hydrogen) atoms. The largest absolute Gasteiger partial charge is 0.573 e. The first-order valence-electron chi connectivity index (χ1n) is 8.06. The van der Waals surface area contributed by atoms with E-state index in [1.807, 2.05) is 0 Å². The average Bonchev–Trinajstić information content (AvgIpc) is 2.98. The van der Waals surface area contributed by atoms with Crippen molar-refractivity contribution in [2.45, 2.75) is 25.0 Å². The van der Waals surface area contributed by atoms with Gasteiger partial charge in [-0.25, -0.2) is 8.78 Å². The fourth-order valence-corrected chi connectivity index (χ4v) is 3.03. The third kappa shape index (κ3) is 4.36. The first-order valence-corrected chi connectivity index (χ1v) is 8.06. The maximum absolute atomic E-state index is 14.1. The lowest BCUT2D eigenvalue weighted by Crippen LogP contribution is -2.39. The Labute approximate surface area is 152 Å². The molecule has 0 aromatic heterocycles. The van der Waals surface area contributed by atoms with E-state index in [4.69, 9.17) is 5.73 Å². The van der Waals surface area contributed by atoms with Crippen LogP contribution in [0.25, 0.3) is 0 Å². The van der Waals surface area contributed by atoms with Gasteiger partial charge in [0.2, 0.25) is 0 Å². The van der Waals surface area contributed by atoms with Gasteiger partial charge in [-0.3, -0.25) is 4.99 Å². The van der Waals surface area contributed by atoms with Gasteiger partial charge in [0.25, 0.3) is 0 Å². The molecule has 2 aromatic carbocycles. The third-order valence-electron chi connectivity index (χ3n) is 4.24. The van der Waals surface area contributed by atoms with Gasteiger partial charge in [-0.1, -0.05) is 24.3 Å². The number of para-hydroxylation sites is 1. The van der Waals surface area contributed by atoms with Crippen molar-refractivity contribution in [3.05, 3.63) is 65.2 Å². The Kier molecular flexibility index (Phi) is 5.31. The lowest BCUT2D eigenvalue weighted by atomic mass is 9.99. The smallest absolute Gasteiger partial charge is 0.405 e. The fourth-order valence-electron chi connectivity index (χ4n) is 3.03. The standard InChI is InChI=1S/C18H16F5N3O/c19-12-5-6-13(14(20)7-12)17-15(8-24)26(10-25-17)9-11-3-1-2-4-16(11)27-18(21,22)23/h1-7,10,15,17H,8-9,24H2. The van der Waals surface area contributed by atoms with E-state index in [0.717, 1.165) is 12.1 Å². The van der Waals surface area contributed by atoms with Crippen molar-refractivity contribution in [1.29, 1.82) is 0 Å². The highest BCUT2D eigenvalue weighted by Gasteiger charge is 2.35. The number of halogens is 5. The second-order valence-electron chi connectivity index (χ2n) is 6.01. The number of nitrogens with two attached hydrogens (primary N) is 1. The highest BCUT2D eigenvalue weighted by atomic mass is 19.4. The van der Waals surface area contributed by atoms with Crippen LogP contribution in [0.1, 0.15) is 17.2 Å². The molecule has 9 heteroatoms. The number of ether oxygens (including phenoxy) is 1. The van der Waals surface area contributed by atoms with Crippen LogP contribution >= 0.6 is 0 Å². The maximum Gasteiger partial charge on any atom is 0.573 e. The zero-order chi connectivity index (χ0) is 19.6. The lowest BCUT2D eigenvalue weighted by Gasteiger charge is -2.28. The summed E-state index contributed by atoms with van der Waals surface area (Å²) in [7, 11) is 0. The van der Waals surface area contributed by atoms with Crippen LogP contribution in [0.5, 0.6) is 5.75 Å². The van der Waals surface area contributed by atoms with Crippen LogP contribution in [-0.2, 0) is 6.54 Å². The summed E-state index contributed by atoms with van der Waals surface area (Å²) in [5.74, 6) is -1.79. The van der Waals surface area contributed by atoms with Crippen molar-refractivity contribution in [3.8, 4) is 5.75 Å². The number of hydrogen-bond acceptors (Lipinski definition) is 4. The van der Waals surface area contributed by atoms with Crippen molar-refractivity contribution < 1.29 is 26.7 Å². The Bertz CT molecular complexity index is 840. The second kappa shape index (κ2) is 7.51. The number of hydrogen-bond donors (Lipinski definition) is 1. The van der Waals surface area contributed by atoms with Crippen LogP contribution in [0.3, 0.4) is 0 Å². The van der Waals surface area contributed by atoms with Crippen LogP contribution in [0.2, 0.25) is 0 Å². The molecule has 2 unspecified atom stereocenters. The van der Waals surface area contributed by atoms with Gasteiger partial charge in [0, 0.05) is 30.3 Å². The number of alkyl halides is 3. The highest BCUT2D eigenvalue weighted by molar-refractivity contribution is 5.60. The molecular formula is C18H16F5N3O. The third-order valence-corrected chi connectivity index (χ3v) is 4.24. The van der Waals surface area contributed by atoms with Gasteiger partial charge in [-0.2, -0.15) is 0 Å². The van der Waals surface area contributed by atoms with Gasteiger partial charge < -0.3 is 15.4 Å². The highest BCUT2D eigenvalue weighted by Crippen LogP contribution is 2.33. The molecule has 144 valence electrons. The molecule has 3 rings (SSSR count). The zero-order valence-corrected chi connectivity index (χ0v) is 14.0. The summed E-state index contributed by atoms with van der Waals surface area (Å²) in [4.78, 5) is 5.84. The second-order valence-corrected chi connectivity index (χ2v) is 6.01. The van der Waals surface area contributed by atoms with E-state index in [2.05, 4.69) is 9.73 Å². The lowest BCUT2D eigenvalue weighted by molar-refractivity contribution is -0.275. The van der Waals surface area contributed by atoms with E-state index in [1.165, 1.54) is 30.6 Å². The summed E-state index contributed by atoms with van der Waals surface area (Å²) in [6.07, 6.45) is -3.41. The van der Waals surface area contributed by atoms with Crippen molar-refractivity contribution in [2.24, 2.45) is 10.7 Å². The molecule has 0 saturated heterocycles. The Morgan fingerprint density at radius 2 is 1.85 bits per heavy atom. The van der Waals surface area contributed by atoms with E-state index in [-0.39, 0.29) is 30.0 Å². The minimum absolute atomic E-state index is 0.0386. The van der Waals surface area contributed by atoms with Crippen molar-refractivity contribution in [2.75, 3.05) is 6.54 Å². The van der Waals surface area contributed by atoms with Gasteiger partial charge in [0.1, 0.15) is 23.4 Å². The van der Waals surface area contributed by atoms with Crippen molar-refractivity contribution in [3.63, 3.8) is 0 Å². The van der Waals surface area contributed by atoms with Crippen LogP contribution < -0.4 is 10.5 Å². The summed E-state index contributed by atoms with van der Waals surface area (Å²) < 4.78 is 69.0. The molecule has 1 aliphatic rings. The molecule has 0 saturated carbocycles. The molecule has 2 N–H and O–H groups in total. The molecule has 0 radical (unpaired) electrons. The molecule has 2 atom stereocenters. The summed E-state index contributed by atoms with van der Waals surface area (Å²) in [5.41, 5.74) is 6.25. The van der Waals surface area contributed by atoms with Crippen molar-refractivity contribution in [1.82, 2.24) is 4.90 Å². The van der Waals surface area contributed by atoms with Gasteiger partial charge >= 0.3 is 6.36 Å². The topological polar surface area (TPSA) is 50.8 Å². The monoisotopic (exact) mass is 385 g/mol. The van der Waals surface area contributed by atoms with Crippen LogP contribution in [0, 0.1) is 11.6 Å². The Morgan fingerprint density at radius 1 is 1.11 bits per heavy atom. The molecule has 2 aromatic rings. The average molecular weight is 385 g/mol. The first kappa shape index (κ1) is 19.1. The molecule has 0 fully saturated rings. The fraction of sp³-hybridized carbons (Fsp3) is 0.278. The summed E-state index contributed by atoms with van der Waals surface area (Å²) in [6.45, 7) is 0.112. The van der Waals surface area contributed by atoms with Gasteiger partial charge in [-0.05, 0) is 12.1 Å². The Balaban J connectivity index is 1.82. The zero-order valence-electron chi connectivity index (χ0n) is 14.0. The van der Waals surface area contributed by atoms with E-state index in [1.54, 1.807) is 11.0 Å². The number of rotatable bonds is 5. The minimum Gasteiger partial charge on any atom is -0.405 e. The van der Waals surface area contributed by atoms with Gasteiger partial charge in [0.05, 0.1) is 12.4 Å². The SMILES string of the molecule is NCC1C(c2ccc(F)cc2F)N=CN1Cc1ccccc1OC(F)(F)F. The summed E-state index contributed by atoms with van der Waals surface area (Å²) in [5, 5.41) is 0. The van der Waals surface area contributed by atoms with Crippen LogP contribution in [0.15, 0.2) is 47.5 Å². The molecule has 1 aliphatic heterocycles. The normalized spacial score (nSPS) is 19.6. The molecule has 0 bridgehead atoms. The summed E-state index contributed by atoms with van der Waals surface area (Å²) in [6, 6.07) is 7.71. The van der Waals surface area contributed by atoms with E-state index in [0.29, 0.717) is 0 Å². The molecule has 4 nitrogen and oxygen atoms in total. The van der Waals surface area contributed by atoms with Gasteiger partial charge in [0.15, 0.2) is 0 Å². The van der Waals surface area contributed by atoms with E-state index >= 15 is 0 Å². The molecular weight excluding hydrogens is 369 g/mol. The van der Waals surface area contributed by atoms with E-state index < -0.39 is 30.1 Å². The molecule has 0 spiro atoms. The number of aliphatic imine (C=N–C) groups is 1. The molecule has 1 heterocycles. The minimum atomic E-state index is -4.82. The summed E-state index contributed by atoms with van der Waals surface area (Å²) >= 11 is 0. The number of nitrogens with zero attached hydrogens (tertiary/aromatic N) is 2. The van der Waals surface area contributed by atoms with E-state index in [9.17, 15) is 22.0 Å². The first-order chi connectivity index (χ1) is 12.8. The maximum atomic E-state index is 14.1. The quantitative estimate of drug-likeness (QED) is 0.797. The van der Waals surface area contributed by atoms with Crippen LogP contribution in [-0.4, -0.2) is 30.2 Å². The van der Waals surface area contributed by atoms with Crippen LogP contribution in [0.4, 0.5) is 22.0 Å². The number of benzene rings is 2. The van der Waals surface area contributed by atoms with Crippen molar-refractivity contribution >= 4 is 6.34 Å². The molecule has 0 amide bonds. The van der Waals surface area contributed by atoms with Gasteiger partial charge in [-0.15, -0.1) is 13.2 Å². The predicted molar refractivity (Wildman–Crippen MR) is 89.1 cm³/mol. The Morgan fingerprint density at radius 3 is 2.52 bits per heavy atom. The molecule has 0 aliphatic carbocycles.